The molecule has 4 rings (SSSR count). The van der Waals surface area contributed by atoms with Crippen molar-refractivity contribution in [1.82, 2.24) is 4.90 Å². The third-order valence-electron chi connectivity index (χ3n) is 6.85. The molecule has 160 valence electrons. The first-order valence-corrected chi connectivity index (χ1v) is 11.6. The van der Waals surface area contributed by atoms with Crippen LogP contribution in [0.25, 0.3) is 0 Å². The number of aliphatic hydroxyl groups excluding tert-OH is 1. The molecule has 1 aliphatic carbocycles. The zero-order valence-electron chi connectivity index (χ0n) is 17.6. The maximum atomic E-state index is 11.1. The van der Waals surface area contributed by atoms with Gasteiger partial charge in [-0.25, -0.2) is 0 Å². The van der Waals surface area contributed by atoms with Crippen molar-refractivity contribution in [1.29, 1.82) is 0 Å². The Morgan fingerprint density at radius 2 is 1.66 bits per heavy atom. The first kappa shape index (κ1) is 20.6. The fraction of sp³-hybridized carbons (Fsp3) is 0.696. The number of nitrogens with one attached hydrogen (secondary N) is 1. The molecule has 2 heterocycles. The Bertz CT molecular complexity index is 678. The Balaban J connectivity index is 1.46. The molecule has 0 radical (unpaired) electrons. The van der Waals surface area contributed by atoms with Gasteiger partial charge in [-0.05, 0) is 37.8 Å². The Hall–Kier alpha value is -1.63. The molecular formula is C23H37N5O. The van der Waals surface area contributed by atoms with Crippen molar-refractivity contribution in [3.05, 3.63) is 24.3 Å². The van der Waals surface area contributed by atoms with Gasteiger partial charge < -0.3 is 26.0 Å². The molecule has 3 aliphatic rings. The Kier molecular flexibility index (Phi) is 7.06. The molecule has 1 saturated carbocycles. The first-order valence-electron chi connectivity index (χ1n) is 11.6. The van der Waals surface area contributed by atoms with Gasteiger partial charge in [0.2, 0.25) is 0 Å². The highest BCUT2D eigenvalue weighted by Crippen LogP contribution is 2.36. The number of amidine groups is 1. The topological polar surface area (TPSA) is 77.1 Å². The summed E-state index contributed by atoms with van der Waals surface area (Å²) in [5.41, 5.74) is 7.74. The highest BCUT2D eigenvalue weighted by atomic mass is 16.3. The second-order valence-corrected chi connectivity index (χ2v) is 8.74. The van der Waals surface area contributed by atoms with E-state index in [0.29, 0.717) is 25.0 Å². The zero-order chi connectivity index (χ0) is 20.1. The monoisotopic (exact) mass is 399 g/mol. The summed E-state index contributed by atoms with van der Waals surface area (Å²) in [6.07, 6.45) is 11.2. The number of piperidine rings is 1. The lowest BCUT2D eigenvalue weighted by atomic mass is 9.92. The van der Waals surface area contributed by atoms with Crippen LogP contribution in [0.1, 0.15) is 57.8 Å². The molecule has 1 saturated heterocycles. The summed E-state index contributed by atoms with van der Waals surface area (Å²) in [5.74, 6) is 0.622. The van der Waals surface area contributed by atoms with Crippen LogP contribution in [0.2, 0.25) is 0 Å². The predicted octanol–water partition coefficient (Wildman–Crippen LogP) is 3.17. The van der Waals surface area contributed by atoms with Gasteiger partial charge in [0, 0.05) is 31.7 Å². The minimum atomic E-state index is -0.727. The molecule has 29 heavy (non-hydrogen) atoms. The second-order valence-electron chi connectivity index (χ2n) is 8.74. The van der Waals surface area contributed by atoms with E-state index in [1.165, 1.54) is 44.9 Å². The largest absolute Gasteiger partial charge is 0.367 e. The molecule has 1 unspecified atom stereocenters. The summed E-state index contributed by atoms with van der Waals surface area (Å²) >= 11 is 0. The zero-order valence-corrected chi connectivity index (χ0v) is 17.6. The lowest BCUT2D eigenvalue weighted by Crippen LogP contribution is -2.56. The van der Waals surface area contributed by atoms with E-state index >= 15 is 0 Å². The van der Waals surface area contributed by atoms with Crippen molar-refractivity contribution in [2.75, 3.05) is 36.4 Å². The molecule has 0 bridgehead atoms. The van der Waals surface area contributed by atoms with Gasteiger partial charge in [-0.1, -0.05) is 44.2 Å². The molecule has 1 aromatic carbocycles. The molecule has 2 fully saturated rings. The molecule has 0 amide bonds. The minimum absolute atomic E-state index is 0.334. The number of para-hydroxylation sites is 2. The van der Waals surface area contributed by atoms with Crippen LogP contribution in [0.3, 0.4) is 0 Å². The molecule has 4 N–H and O–H groups in total. The summed E-state index contributed by atoms with van der Waals surface area (Å²) in [5, 5.41) is 14.4. The Morgan fingerprint density at radius 3 is 2.38 bits per heavy atom. The molecule has 1 atom stereocenters. The van der Waals surface area contributed by atoms with Crippen LogP contribution in [-0.2, 0) is 0 Å². The van der Waals surface area contributed by atoms with Gasteiger partial charge in [0.25, 0.3) is 0 Å². The fourth-order valence-corrected chi connectivity index (χ4v) is 5.30. The third-order valence-corrected chi connectivity index (χ3v) is 6.85. The van der Waals surface area contributed by atoms with E-state index in [-0.39, 0.29) is 0 Å². The summed E-state index contributed by atoms with van der Waals surface area (Å²) in [7, 11) is 0. The van der Waals surface area contributed by atoms with E-state index in [2.05, 4.69) is 32.2 Å². The highest BCUT2D eigenvalue weighted by molar-refractivity contribution is 6.06. The average molecular weight is 400 g/mol. The molecule has 6 nitrogen and oxygen atoms in total. The number of aliphatic imine (C=N–C) groups is 1. The minimum Gasteiger partial charge on any atom is -0.367 e. The normalized spacial score (nSPS) is 26.6. The van der Waals surface area contributed by atoms with E-state index in [1.54, 1.807) is 0 Å². The Morgan fingerprint density at radius 1 is 0.966 bits per heavy atom. The second kappa shape index (κ2) is 9.92. The van der Waals surface area contributed by atoms with Crippen molar-refractivity contribution in [2.24, 2.45) is 10.7 Å². The van der Waals surface area contributed by atoms with Gasteiger partial charge in [-0.3, -0.25) is 4.99 Å². The number of nitrogens with zero attached hydrogens (tertiary/aromatic N) is 3. The molecule has 6 heteroatoms. The van der Waals surface area contributed by atoms with Gasteiger partial charge in [-0.2, -0.15) is 0 Å². The van der Waals surface area contributed by atoms with E-state index in [1.807, 2.05) is 12.1 Å². The molecule has 0 spiro atoms. The van der Waals surface area contributed by atoms with Gasteiger partial charge in [-0.15, -0.1) is 0 Å². The number of anilines is 2. The van der Waals surface area contributed by atoms with Crippen LogP contribution in [0.4, 0.5) is 11.4 Å². The number of benzene rings is 1. The number of hydrogen-bond acceptors (Lipinski definition) is 5. The quantitative estimate of drug-likeness (QED) is 0.725. The maximum absolute atomic E-state index is 11.1. The van der Waals surface area contributed by atoms with Gasteiger partial charge >= 0.3 is 0 Å². The van der Waals surface area contributed by atoms with Crippen molar-refractivity contribution in [3.63, 3.8) is 0 Å². The van der Waals surface area contributed by atoms with E-state index < -0.39 is 6.23 Å². The number of rotatable bonds is 4. The summed E-state index contributed by atoms with van der Waals surface area (Å²) in [6.45, 7) is 3.27. The van der Waals surface area contributed by atoms with Gasteiger partial charge in [0.1, 0.15) is 0 Å². The number of likely N-dealkylation sites (tertiary alicyclic amines) is 1. The van der Waals surface area contributed by atoms with Crippen LogP contribution in [0.5, 0.6) is 0 Å². The van der Waals surface area contributed by atoms with Crippen molar-refractivity contribution in [3.8, 4) is 0 Å². The van der Waals surface area contributed by atoms with Crippen LogP contribution >= 0.6 is 0 Å². The summed E-state index contributed by atoms with van der Waals surface area (Å²) < 4.78 is 0. The number of aliphatic hydroxyl groups is 1. The molecule has 2 aliphatic heterocycles. The van der Waals surface area contributed by atoms with Crippen LogP contribution in [-0.4, -0.2) is 60.3 Å². The molecule has 1 aromatic rings. The van der Waals surface area contributed by atoms with Gasteiger partial charge in [0.05, 0.1) is 17.9 Å². The predicted molar refractivity (Wildman–Crippen MR) is 121 cm³/mol. The number of hydrogen-bond donors (Lipinski definition) is 3. The first-order chi connectivity index (χ1) is 14.3. The lowest BCUT2D eigenvalue weighted by Gasteiger charge is -2.46. The number of nitrogens with two attached hydrogens (primary N) is 1. The summed E-state index contributed by atoms with van der Waals surface area (Å²) in [6, 6.07) is 9.34. The van der Waals surface area contributed by atoms with Crippen LogP contribution < -0.4 is 16.0 Å². The standard InChI is InChI=1S/C23H37N5O/c24-14-15-25-22-23(29)28(21-11-7-6-10-20(21)26-22)19-12-16-27(17-13-19)18-8-4-2-1-3-5-9-18/h6-7,10-11,18-19,23,29H,1-5,8-9,12-17,24H2,(H,25,26). The SMILES string of the molecule is NCCN=C1Nc2ccccc2N(C2CCN(C3CCCCCCC3)CC2)C1O. The highest BCUT2D eigenvalue weighted by Gasteiger charge is 2.36. The fourth-order valence-electron chi connectivity index (χ4n) is 5.30. The van der Waals surface area contributed by atoms with E-state index in [9.17, 15) is 5.11 Å². The average Bonchev–Trinajstić information content (AvgIpc) is 2.72. The molecule has 0 aromatic heterocycles. The van der Waals surface area contributed by atoms with Crippen molar-refractivity contribution < 1.29 is 5.11 Å². The van der Waals surface area contributed by atoms with Crippen molar-refractivity contribution in [2.45, 2.75) is 76.1 Å². The molecular weight excluding hydrogens is 362 g/mol. The van der Waals surface area contributed by atoms with Crippen LogP contribution in [0, 0.1) is 0 Å². The lowest BCUT2D eigenvalue weighted by molar-refractivity contribution is 0.117. The smallest absolute Gasteiger partial charge is 0.186 e. The van der Waals surface area contributed by atoms with Crippen molar-refractivity contribution >= 4 is 17.2 Å². The maximum Gasteiger partial charge on any atom is 0.186 e. The van der Waals surface area contributed by atoms with E-state index in [0.717, 1.165) is 43.3 Å². The Labute approximate surface area is 175 Å². The van der Waals surface area contributed by atoms with E-state index in [4.69, 9.17) is 5.73 Å². The number of fused-ring (bicyclic) bond motifs is 1. The summed E-state index contributed by atoms with van der Waals surface area (Å²) in [4.78, 5) is 9.43. The van der Waals surface area contributed by atoms with Gasteiger partial charge in [0.15, 0.2) is 12.1 Å². The van der Waals surface area contributed by atoms with Crippen LogP contribution in [0.15, 0.2) is 29.3 Å². The third kappa shape index (κ3) is 4.76.